The number of amides is 1. The average Bonchev–Trinajstić information content (AvgIpc) is 3.41. The Hall–Kier alpha value is -3.12. The van der Waals surface area contributed by atoms with E-state index in [0.717, 1.165) is 50.3 Å². The SMILES string of the molecule is Cn1nc(C(=O)N2CCc3ccccc3C2)c2c1CCN(CC=Cc1ccco1)C2. The van der Waals surface area contributed by atoms with Gasteiger partial charge in [0.05, 0.1) is 6.26 Å². The highest BCUT2D eigenvalue weighted by molar-refractivity contribution is 5.94. The van der Waals surface area contributed by atoms with Crippen molar-refractivity contribution in [3.8, 4) is 0 Å². The van der Waals surface area contributed by atoms with Crippen molar-refractivity contribution in [2.45, 2.75) is 25.9 Å². The smallest absolute Gasteiger partial charge is 0.275 e. The fraction of sp³-hybridized carbons (Fsp3) is 0.333. The monoisotopic (exact) mass is 402 g/mol. The molecule has 0 saturated heterocycles. The van der Waals surface area contributed by atoms with Gasteiger partial charge in [0.2, 0.25) is 0 Å². The van der Waals surface area contributed by atoms with E-state index in [1.807, 2.05) is 40.9 Å². The normalized spacial score (nSPS) is 16.6. The number of aryl methyl sites for hydroxylation is 1. The minimum atomic E-state index is 0.0503. The number of furan rings is 1. The lowest BCUT2D eigenvalue weighted by molar-refractivity contribution is 0.0725. The van der Waals surface area contributed by atoms with Crippen LogP contribution in [0.5, 0.6) is 0 Å². The van der Waals surface area contributed by atoms with Gasteiger partial charge in [0.25, 0.3) is 5.91 Å². The zero-order valence-corrected chi connectivity index (χ0v) is 17.3. The van der Waals surface area contributed by atoms with Crippen LogP contribution in [0.3, 0.4) is 0 Å². The van der Waals surface area contributed by atoms with Gasteiger partial charge in [-0.05, 0) is 35.8 Å². The number of aromatic nitrogens is 2. The van der Waals surface area contributed by atoms with Gasteiger partial charge < -0.3 is 9.32 Å². The van der Waals surface area contributed by atoms with E-state index in [0.29, 0.717) is 12.2 Å². The van der Waals surface area contributed by atoms with Crippen LogP contribution in [-0.4, -0.2) is 45.1 Å². The molecule has 2 aliphatic heterocycles. The number of carbonyl (C=O) groups excluding carboxylic acids is 1. The molecule has 0 N–H and O–H groups in total. The molecular weight excluding hydrogens is 376 g/mol. The maximum Gasteiger partial charge on any atom is 0.275 e. The molecule has 1 aromatic carbocycles. The lowest BCUT2D eigenvalue weighted by atomic mass is 9.99. The van der Waals surface area contributed by atoms with Crippen LogP contribution in [0, 0.1) is 0 Å². The van der Waals surface area contributed by atoms with Gasteiger partial charge in [-0.15, -0.1) is 0 Å². The van der Waals surface area contributed by atoms with Gasteiger partial charge in [0.15, 0.2) is 5.69 Å². The van der Waals surface area contributed by atoms with Crippen molar-refractivity contribution in [2.75, 3.05) is 19.6 Å². The van der Waals surface area contributed by atoms with Crippen molar-refractivity contribution >= 4 is 12.0 Å². The molecule has 1 amide bonds. The molecule has 154 valence electrons. The molecule has 2 aliphatic rings. The summed E-state index contributed by atoms with van der Waals surface area (Å²) in [5, 5.41) is 4.64. The molecule has 0 fully saturated rings. The van der Waals surface area contributed by atoms with Crippen LogP contribution in [0.4, 0.5) is 0 Å². The molecule has 6 heteroatoms. The Morgan fingerprint density at radius 3 is 2.80 bits per heavy atom. The van der Waals surface area contributed by atoms with Crippen LogP contribution in [0.25, 0.3) is 6.08 Å². The van der Waals surface area contributed by atoms with E-state index in [9.17, 15) is 4.79 Å². The zero-order chi connectivity index (χ0) is 20.5. The van der Waals surface area contributed by atoms with Crippen LogP contribution in [-0.2, 0) is 33.0 Å². The summed E-state index contributed by atoms with van der Waals surface area (Å²) >= 11 is 0. The van der Waals surface area contributed by atoms with Gasteiger partial charge in [0, 0.05) is 57.4 Å². The van der Waals surface area contributed by atoms with Gasteiger partial charge in [-0.25, -0.2) is 0 Å². The average molecular weight is 402 g/mol. The molecule has 3 aromatic rings. The number of rotatable bonds is 4. The summed E-state index contributed by atoms with van der Waals surface area (Å²) in [7, 11) is 1.95. The number of fused-ring (bicyclic) bond motifs is 2. The summed E-state index contributed by atoms with van der Waals surface area (Å²) in [5.41, 5.74) is 5.47. The molecule has 0 spiro atoms. The van der Waals surface area contributed by atoms with Gasteiger partial charge in [-0.2, -0.15) is 5.10 Å². The van der Waals surface area contributed by atoms with E-state index in [-0.39, 0.29) is 5.91 Å². The van der Waals surface area contributed by atoms with Gasteiger partial charge in [-0.3, -0.25) is 14.4 Å². The van der Waals surface area contributed by atoms with E-state index < -0.39 is 0 Å². The first-order valence-corrected chi connectivity index (χ1v) is 10.5. The second-order valence-corrected chi connectivity index (χ2v) is 8.05. The Balaban J connectivity index is 1.32. The van der Waals surface area contributed by atoms with Crippen molar-refractivity contribution in [3.63, 3.8) is 0 Å². The van der Waals surface area contributed by atoms with Gasteiger partial charge >= 0.3 is 0 Å². The van der Waals surface area contributed by atoms with Crippen molar-refractivity contribution in [1.29, 1.82) is 0 Å². The molecular formula is C24H26N4O2. The lowest BCUT2D eigenvalue weighted by Gasteiger charge is -2.30. The number of nitrogens with zero attached hydrogens (tertiary/aromatic N) is 4. The van der Waals surface area contributed by atoms with Gasteiger partial charge in [-0.1, -0.05) is 30.3 Å². The first-order valence-electron chi connectivity index (χ1n) is 10.5. The molecule has 6 nitrogen and oxygen atoms in total. The summed E-state index contributed by atoms with van der Waals surface area (Å²) in [4.78, 5) is 17.7. The number of hydrogen-bond donors (Lipinski definition) is 0. The third-order valence-electron chi connectivity index (χ3n) is 6.13. The number of carbonyl (C=O) groups is 1. The number of hydrogen-bond acceptors (Lipinski definition) is 4. The molecule has 0 aliphatic carbocycles. The third-order valence-corrected chi connectivity index (χ3v) is 6.13. The Kier molecular flexibility index (Phi) is 5.01. The topological polar surface area (TPSA) is 54.5 Å². The third kappa shape index (κ3) is 3.59. The summed E-state index contributed by atoms with van der Waals surface area (Å²) in [5.74, 6) is 0.907. The van der Waals surface area contributed by atoms with E-state index in [1.165, 1.54) is 16.8 Å². The van der Waals surface area contributed by atoms with Crippen molar-refractivity contribution in [1.82, 2.24) is 19.6 Å². The predicted octanol–water partition coefficient (Wildman–Crippen LogP) is 3.28. The fourth-order valence-corrected chi connectivity index (χ4v) is 4.50. The summed E-state index contributed by atoms with van der Waals surface area (Å²) in [6.07, 6.45) is 7.60. The Morgan fingerprint density at radius 1 is 1.10 bits per heavy atom. The van der Waals surface area contributed by atoms with Crippen LogP contribution < -0.4 is 0 Å². The van der Waals surface area contributed by atoms with Crippen molar-refractivity contribution in [3.05, 3.63) is 82.6 Å². The second-order valence-electron chi connectivity index (χ2n) is 8.05. The lowest BCUT2D eigenvalue weighted by Crippen LogP contribution is -2.37. The Bertz CT molecular complexity index is 1080. The van der Waals surface area contributed by atoms with Crippen LogP contribution >= 0.6 is 0 Å². The van der Waals surface area contributed by atoms with E-state index in [1.54, 1.807) is 6.26 Å². The van der Waals surface area contributed by atoms with E-state index >= 15 is 0 Å². The molecule has 0 radical (unpaired) electrons. The van der Waals surface area contributed by atoms with Crippen molar-refractivity contribution < 1.29 is 9.21 Å². The van der Waals surface area contributed by atoms with E-state index in [2.05, 4.69) is 34.3 Å². The molecule has 0 unspecified atom stereocenters. The quantitative estimate of drug-likeness (QED) is 0.672. The largest absolute Gasteiger partial charge is 0.465 e. The van der Waals surface area contributed by atoms with Crippen LogP contribution in [0.1, 0.15) is 38.6 Å². The Morgan fingerprint density at radius 2 is 1.97 bits per heavy atom. The standard InChI is InChI=1S/C24H26N4O2/c1-26-22-11-13-27(12-4-8-20-9-5-15-30-20)17-21(22)23(25-26)24(29)28-14-10-18-6-2-3-7-19(18)16-28/h2-9,15H,10-14,16-17H2,1H3. The van der Waals surface area contributed by atoms with Crippen molar-refractivity contribution in [2.24, 2.45) is 7.05 Å². The first-order chi connectivity index (χ1) is 14.7. The minimum absolute atomic E-state index is 0.0503. The summed E-state index contributed by atoms with van der Waals surface area (Å²) in [6, 6.07) is 12.2. The molecule has 5 rings (SSSR count). The minimum Gasteiger partial charge on any atom is -0.465 e. The zero-order valence-electron chi connectivity index (χ0n) is 17.3. The fourth-order valence-electron chi connectivity index (χ4n) is 4.50. The first kappa shape index (κ1) is 18.9. The highest BCUT2D eigenvalue weighted by atomic mass is 16.3. The van der Waals surface area contributed by atoms with Crippen LogP contribution in [0.15, 0.2) is 53.2 Å². The Labute approximate surface area is 176 Å². The highest BCUT2D eigenvalue weighted by Gasteiger charge is 2.30. The number of benzene rings is 1. The molecule has 0 atom stereocenters. The van der Waals surface area contributed by atoms with E-state index in [4.69, 9.17) is 4.42 Å². The maximum absolute atomic E-state index is 13.4. The molecule has 0 bridgehead atoms. The summed E-state index contributed by atoms with van der Waals surface area (Å²) < 4.78 is 7.26. The molecule has 2 aromatic heterocycles. The van der Waals surface area contributed by atoms with Crippen LogP contribution in [0.2, 0.25) is 0 Å². The molecule has 0 saturated carbocycles. The molecule has 30 heavy (non-hydrogen) atoms. The maximum atomic E-state index is 13.4. The van der Waals surface area contributed by atoms with Gasteiger partial charge in [0.1, 0.15) is 5.76 Å². The molecule has 4 heterocycles. The predicted molar refractivity (Wildman–Crippen MR) is 115 cm³/mol. The summed E-state index contributed by atoms with van der Waals surface area (Å²) in [6.45, 7) is 3.93. The highest BCUT2D eigenvalue weighted by Crippen LogP contribution is 2.26. The second kappa shape index (κ2) is 7.95.